The van der Waals surface area contributed by atoms with E-state index in [4.69, 9.17) is 10.5 Å². The maximum absolute atomic E-state index is 12.9. The van der Waals surface area contributed by atoms with E-state index in [9.17, 15) is 4.79 Å². The predicted octanol–water partition coefficient (Wildman–Crippen LogP) is 1.01. The number of thioether (sulfide) groups is 1. The summed E-state index contributed by atoms with van der Waals surface area (Å²) >= 11 is 1.33. The van der Waals surface area contributed by atoms with E-state index in [0.29, 0.717) is 23.0 Å². The highest BCUT2D eigenvalue weighted by Gasteiger charge is 2.24. The Kier molecular flexibility index (Phi) is 6.82. The Balaban J connectivity index is 1.55. The first kappa shape index (κ1) is 22.9. The normalized spacial score (nSPS) is 11.6. The lowest BCUT2D eigenvalue weighted by Gasteiger charge is -2.08. The second-order valence-electron chi connectivity index (χ2n) is 7.06. The van der Waals surface area contributed by atoms with E-state index in [0.717, 1.165) is 11.3 Å². The molecule has 15 heteroatoms. The van der Waals surface area contributed by atoms with E-state index in [-0.39, 0.29) is 23.1 Å². The minimum atomic E-state index is -0.547. The summed E-state index contributed by atoms with van der Waals surface area (Å²) in [6.45, 7) is 1.80. The summed E-state index contributed by atoms with van der Waals surface area (Å²) in [5.74, 6) is 0.587. The number of nitrogens with zero attached hydrogens (tertiary/aromatic N) is 9. The molecular weight excluding hydrogens is 462 g/mol. The Labute approximate surface area is 197 Å². The zero-order chi connectivity index (χ0) is 24.1. The molecule has 0 unspecified atom stereocenters. The maximum Gasteiger partial charge on any atom is 0.293 e. The van der Waals surface area contributed by atoms with Gasteiger partial charge >= 0.3 is 0 Å². The third-order valence-corrected chi connectivity index (χ3v) is 5.72. The number of hydrazone groups is 1. The van der Waals surface area contributed by atoms with Crippen molar-refractivity contribution in [3.63, 3.8) is 0 Å². The van der Waals surface area contributed by atoms with Crippen LogP contribution in [-0.4, -0.2) is 58.8 Å². The molecule has 0 atom stereocenters. The van der Waals surface area contributed by atoms with E-state index in [2.05, 4.69) is 46.0 Å². The van der Waals surface area contributed by atoms with Gasteiger partial charge in [-0.25, -0.2) is 10.1 Å². The van der Waals surface area contributed by atoms with E-state index >= 15 is 0 Å². The second kappa shape index (κ2) is 10.1. The number of hydrogen-bond acceptors (Lipinski definition) is 12. The second-order valence-corrected chi connectivity index (χ2v) is 8.00. The Hall–Kier alpha value is -4.27. The number of nitrogen functional groups attached to an aromatic ring is 1. The Morgan fingerprint density at radius 1 is 1.29 bits per heavy atom. The summed E-state index contributed by atoms with van der Waals surface area (Å²) < 4.78 is 13.1. The molecule has 3 N–H and O–H groups in total. The SMILES string of the molecule is COc1ccccc1C/C(C)=N\NC(=O)c1nnn(-c2nonc2N)c1CSc1nncn1C. The van der Waals surface area contributed by atoms with Crippen molar-refractivity contribution in [3.05, 3.63) is 47.5 Å². The fourth-order valence-corrected chi connectivity index (χ4v) is 3.90. The predicted molar refractivity (Wildman–Crippen MR) is 121 cm³/mol. The number of carbonyl (C=O) groups excluding carboxylic acids is 1. The quantitative estimate of drug-likeness (QED) is 0.197. The van der Waals surface area contributed by atoms with Crippen LogP contribution in [0.3, 0.4) is 0 Å². The van der Waals surface area contributed by atoms with Gasteiger partial charge in [0.15, 0.2) is 10.9 Å². The number of aryl methyl sites for hydroxylation is 1. The molecule has 0 aliphatic carbocycles. The van der Waals surface area contributed by atoms with Crippen LogP contribution in [0.1, 0.15) is 28.7 Å². The third-order valence-electron chi connectivity index (χ3n) is 4.67. The largest absolute Gasteiger partial charge is 0.496 e. The number of ether oxygens (including phenoxy) is 1. The van der Waals surface area contributed by atoms with Crippen LogP contribution in [0.4, 0.5) is 5.82 Å². The molecule has 14 nitrogen and oxygen atoms in total. The minimum absolute atomic E-state index is 0.00689. The fraction of sp³-hybridized carbons (Fsp3) is 0.263. The first-order valence-electron chi connectivity index (χ1n) is 9.93. The molecule has 3 aromatic heterocycles. The van der Waals surface area contributed by atoms with Crippen molar-refractivity contribution in [2.75, 3.05) is 12.8 Å². The van der Waals surface area contributed by atoms with Crippen LogP contribution in [0.25, 0.3) is 5.82 Å². The van der Waals surface area contributed by atoms with Crippen LogP contribution in [0.15, 0.2) is 45.5 Å². The number of carbonyl (C=O) groups is 1. The number of amides is 1. The van der Waals surface area contributed by atoms with Gasteiger partial charge in [-0.15, -0.1) is 15.3 Å². The van der Waals surface area contributed by atoms with E-state index in [1.54, 1.807) is 24.9 Å². The molecule has 3 heterocycles. The molecule has 0 spiro atoms. The Morgan fingerprint density at radius 3 is 2.82 bits per heavy atom. The molecule has 0 fully saturated rings. The topological polar surface area (TPSA) is 177 Å². The van der Waals surface area contributed by atoms with E-state index in [1.807, 2.05) is 31.3 Å². The van der Waals surface area contributed by atoms with Crippen LogP contribution in [0.5, 0.6) is 5.75 Å². The van der Waals surface area contributed by atoms with Gasteiger partial charge in [-0.2, -0.15) is 9.78 Å². The molecule has 0 saturated heterocycles. The number of rotatable bonds is 9. The van der Waals surface area contributed by atoms with Gasteiger partial charge in [0.1, 0.15) is 12.1 Å². The average molecular weight is 484 g/mol. The monoisotopic (exact) mass is 483 g/mol. The zero-order valence-corrected chi connectivity index (χ0v) is 19.4. The standard InChI is InChI=1S/C19H21N11O3S/c1-11(8-12-6-4-5-7-14(12)32-3)22-24-18(31)15-13(9-34-19-25-21-10-29(19)2)30(28-23-15)17-16(20)26-33-27-17/h4-7,10H,8-9H2,1-3H3,(H2,20,26)(H,24,31)/b22-11-. The van der Waals surface area contributed by atoms with Crippen LogP contribution in [0, 0.1) is 0 Å². The van der Waals surface area contributed by atoms with Gasteiger partial charge in [0.05, 0.1) is 12.8 Å². The lowest BCUT2D eigenvalue weighted by atomic mass is 10.1. The molecule has 0 aliphatic heterocycles. The number of para-hydroxylation sites is 1. The molecule has 176 valence electrons. The Morgan fingerprint density at radius 2 is 2.12 bits per heavy atom. The van der Waals surface area contributed by atoms with Gasteiger partial charge < -0.3 is 15.0 Å². The van der Waals surface area contributed by atoms with Crippen molar-refractivity contribution >= 4 is 29.2 Å². The molecule has 4 rings (SSSR count). The summed E-state index contributed by atoms with van der Waals surface area (Å²) in [5.41, 5.74) is 10.4. The highest BCUT2D eigenvalue weighted by atomic mass is 32.2. The molecular formula is C19H21N11O3S. The fourth-order valence-electron chi connectivity index (χ4n) is 3.01. The third kappa shape index (κ3) is 4.88. The van der Waals surface area contributed by atoms with Crippen LogP contribution in [-0.2, 0) is 19.2 Å². The molecule has 1 amide bonds. The summed E-state index contributed by atoms with van der Waals surface area (Å²) in [6.07, 6.45) is 2.07. The van der Waals surface area contributed by atoms with E-state index < -0.39 is 5.91 Å². The molecule has 0 bridgehead atoms. The molecule has 0 saturated carbocycles. The molecule has 4 aromatic rings. The average Bonchev–Trinajstić information content (AvgIpc) is 3.56. The molecule has 34 heavy (non-hydrogen) atoms. The van der Waals surface area contributed by atoms with Crippen molar-refractivity contribution in [3.8, 4) is 11.6 Å². The smallest absolute Gasteiger partial charge is 0.293 e. The number of hydrogen-bond donors (Lipinski definition) is 2. The highest BCUT2D eigenvalue weighted by Crippen LogP contribution is 2.24. The summed E-state index contributed by atoms with van der Waals surface area (Å²) in [4.78, 5) is 12.9. The van der Waals surface area contributed by atoms with Crippen molar-refractivity contribution in [2.24, 2.45) is 12.1 Å². The van der Waals surface area contributed by atoms with Crippen LogP contribution < -0.4 is 15.9 Å². The van der Waals surface area contributed by atoms with E-state index in [1.165, 1.54) is 16.4 Å². The van der Waals surface area contributed by atoms with Crippen molar-refractivity contribution in [2.45, 2.75) is 24.3 Å². The molecule has 0 radical (unpaired) electrons. The van der Waals surface area contributed by atoms with Gasteiger partial charge in [0, 0.05) is 24.9 Å². The van der Waals surface area contributed by atoms with Gasteiger partial charge in [-0.05, 0) is 28.9 Å². The van der Waals surface area contributed by atoms with Crippen molar-refractivity contribution in [1.82, 2.24) is 45.5 Å². The van der Waals surface area contributed by atoms with Crippen molar-refractivity contribution < 1.29 is 14.2 Å². The number of aromatic nitrogens is 8. The van der Waals surface area contributed by atoms with Crippen molar-refractivity contribution in [1.29, 1.82) is 0 Å². The Bertz CT molecular complexity index is 1330. The van der Waals surface area contributed by atoms with Gasteiger partial charge in [0.2, 0.25) is 11.6 Å². The number of benzene rings is 1. The lowest BCUT2D eigenvalue weighted by molar-refractivity contribution is 0.0949. The first-order valence-corrected chi connectivity index (χ1v) is 10.9. The van der Waals surface area contributed by atoms with Gasteiger partial charge in [-0.1, -0.05) is 35.2 Å². The van der Waals surface area contributed by atoms with Crippen LogP contribution in [0.2, 0.25) is 0 Å². The van der Waals surface area contributed by atoms with Gasteiger partial charge in [0.25, 0.3) is 5.91 Å². The van der Waals surface area contributed by atoms with Crippen LogP contribution >= 0.6 is 11.8 Å². The summed E-state index contributed by atoms with van der Waals surface area (Å²) in [7, 11) is 3.42. The number of methoxy groups -OCH3 is 1. The summed E-state index contributed by atoms with van der Waals surface area (Å²) in [6, 6.07) is 7.60. The number of anilines is 1. The van der Waals surface area contributed by atoms with Gasteiger partial charge in [-0.3, -0.25) is 4.79 Å². The first-order chi connectivity index (χ1) is 16.5. The minimum Gasteiger partial charge on any atom is -0.496 e. The number of nitrogens with two attached hydrogens (primary N) is 1. The molecule has 0 aliphatic rings. The highest BCUT2D eigenvalue weighted by molar-refractivity contribution is 7.98. The molecule has 1 aromatic carbocycles. The maximum atomic E-state index is 12.9. The number of nitrogens with one attached hydrogen (secondary N) is 1. The lowest BCUT2D eigenvalue weighted by Crippen LogP contribution is -2.22. The zero-order valence-electron chi connectivity index (χ0n) is 18.5. The summed E-state index contributed by atoms with van der Waals surface area (Å²) in [5, 5.41) is 28.1.